The van der Waals surface area contributed by atoms with Crippen LogP contribution in [0.15, 0.2) is 24.3 Å². The fourth-order valence-electron chi connectivity index (χ4n) is 1.56. The number of rotatable bonds is 6. The first-order chi connectivity index (χ1) is 9.82. The fraction of sp³-hybridized carbons (Fsp3) is 0.417. The number of methoxy groups -OCH3 is 1. The molecule has 21 heavy (non-hydrogen) atoms. The summed E-state index contributed by atoms with van der Waals surface area (Å²) < 4.78 is 8.04. The Bertz CT molecular complexity index is 507. The highest BCUT2D eigenvalue weighted by Crippen LogP contribution is 2.40. The second kappa shape index (κ2) is 7.60. The number of nitrogens with one attached hydrogen (secondary N) is 1. The minimum absolute atomic E-state index is 0.164. The second-order valence-corrected chi connectivity index (χ2v) is 7.40. The molecule has 0 saturated carbocycles. The molecular formula is C12H14Br2N2O5. The van der Waals surface area contributed by atoms with E-state index in [1.54, 1.807) is 31.2 Å². The zero-order valence-corrected chi connectivity index (χ0v) is 14.5. The highest BCUT2D eigenvalue weighted by Gasteiger charge is 2.48. The summed E-state index contributed by atoms with van der Waals surface area (Å²) in [4.78, 5) is 22.2. The van der Waals surface area contributed by atoms with Crippen molar-refractivity contribution in [3.8, 4) is 5.75 Å². The van der Waals surface area contributed by atoms with Crippen LogP contribution in [-0.4, -0.2) is 28.1 Å². The molecule has 0 bridgehead atoms. The van der Waals surface area contributed by atoms with E-state index >= 15 is 0 Å². The van der Waals surface area contributed by atoms with Crippen molar-refractivity contribution in [2.45, 2.75) is 16.3 Å². The van der Waals surface area contributed by atoms with Gasteiger partial charge in [0.15, 0.2) is 0 Å². The van der Waals surface area contributed by atoms with Crippen molar-refractivity contribution in [3.63, 3.8) is 0 Å². The number of halogens is 2. The lowest BCUT2D eigenvalue weighted by Crippen LogP contribution is -2.43. The van der Waals surface area contributed by atoms with Gasteiger partial charge in [-0.15, -0.1) is 0 Å². The molecule has 0 fully saturated rings. The summed E-state index contributed by atoms with van der Waals surface area (Å²) >= 11 is 5.96. The van der Waals surface area contributed by atoms with Crippen LogP contribution >= 0.6 is 31.9 Å². The van der Waals surface area contributed by atoms with Gasteiger partial charge in [0, 0.05) is 31.9 Å². The summed E-state index contributed by atoms with van der Waals surface area (Å²) in [5.74, 6) is 0.601. The van der Waals surface area contributed by atoms with E-state index in [1.807, 2.05) is 0 Å². The number of nitrogens with zero attached hydrogens (tertiary/aromatic N) is 1. The largest absolute Gasteiger partial charge is 0.497 e. The van der Waals surface area contributed by atoms with E-state index in [9.17, 15) is 14.9 Å². The highest BCUT2D eigenvalue weighted by atomic mass is 79.9. The van der Waals surface area contributed by atoms with Gasteiger partial charge in [0.05, 0.1) is 18.6 Å². The normalized spacial score (nSPS) is 12.4. The quantitative estimate of drug-likeness (QED) is 0.327. The van der Waals surface area contributed by atoms with Crippen LogP contribution in [0.5, 0.6) is 5.75 Å². The van der Waals surface area contributed by atoms with Gasteiger partial charge in [-0.25, -0.2) is 4.79 Å². The van der Waals surface area contributed by atoms with Crippen molar-refractivity contribution in [2.75, 3.05) is 13.7 Å². The first-order valence-electron chi connectivity index (χ1n) is 5.92. The van der Waals surface area contributed by atoms with Crippen LogP contribution in [0.3, 0.4) is 0 Å². The third kappa shape index (κ3) is 4.57. The Hall–Kier alpha value is -1.35. The molecule has 0 heterocycles. The predicted molar refractivity (Wildman–Crippen MR) is 83.5 cm³/mol. The van der Waals surface area contributed by atoms with Gasteiger partial charge in [0.1, 0.15) is 11.8 Å². The molecule has 0 spiro atoms. The molecule has 7 nitrogen and oxygen atoms in total. The van der Waals surface area contributed by atoms with E-state index in [1.165, 1.54) is 7.11 Å². The van der Waals surface area contributed by atoms with E-state index in [0.717, 1.165) is 0 Å². The standard InChI is InChI=1S/C12H14Br2N2O5/c1-3-21-11(17)15-10(12(13,14)16(18)19)8-4-6-9(20-2)7-5-8/h4-7,10H,3H2,1-2H3,(H,15,17). The van der Waals surface area contributed by atoms with Gasteiger partial charge in [-0.3, -0.25) is 10.1 Å². The molecule has 0 aliphatic carbocycles. The molecule has 0 saturated heterocycles. The van der Waals surface area contributed by atoms with Crippen molar-refractivity contribution < 1.29 is 19.2 Å². The molecule has 1 aromatic carbocycles. The van der Waals surface area contributed by atoms with Crippen molar-refractivity contribution in [3.05, 3.63) is 39.9 Å². The average Bonchev–Trinajstić information content (AvgIpc) is 2.45. The lowest BCUT2D eigenvalue weighted by atomic mass is 10.1. The van der Waals surface area contributed by atoms with Crippen LogP contribution < -0.4 is 10.1 Å². The van der Waals surface area contributed by atoms with E-state index in [0.29, 0.717) is 11.3 Å². The monoisotopic (exact) mass is 424 g/mol. The maximum absolute atomic E-state index is 11.6. The van der Waals surface area contributed by atoms with E-state index in [-0.39, 0.29) is 6.61 Å². The van der Waals surface area contributed by atoms with Gasteiger partial charge in [-0.1, -0.05) is 12.1 Å². The van der Waals surface area contributed by atoms with Crippen LogP contribution in [0.2, 0.25) is 0 Å². The number of carbonyl (C=O) groups is 1. The molecule has 1 unspecified atom stereocenters. The Morgan fingerprint density at radius 1 is 1.43 bits per heavy atom. The Morgan fingerprint density at radius 3 is 2.43 bits per heavy atom. The molecule has 1 amide bonds. The number of alkyl halides is 2. The maximum atomic E-state index is 11.6. The van der Waals surface area contributed by atoms with Crippen LogP contribution in [0.1, 0.15) is 18.5 Å². The summed E-state index contributed by atoms with van der Waals surface area (Å²) in [5.41, 5.74) is 0.509. The van der Waals surface area contributed by atoms with Crippen molar-refractivity contribution in [1.29, 1.82) is 0 Å². The molecule has 0 aromatic heterocycles. The molecular weight excluding hydrogens is 412 g/mol. The third-order valence-electron chi connectivity index (χ3n) is 2.58. The summed E-state index contributed by atoms with van der Waals surface area (Å²) in [5, 5.41) is 13.6. The minimum atomic E-state index is -1.76. The number of alkyl carbamates (subject to hydrolysis) is 1. The number of ether oxygens (including phenoxy) is 2. The Kier molecular flexibility index (Phi) is 6.41. The molecule has 116 valence electrons. The lowest BCUT2D eigenvalue weighted by Gasteiger charge is -2.24. The summed E-state index contributed by atoms with van der Waals surface area (Å²) in [7, 11) is 1.51. The Labute approximate surface area is 138 Å². The molecule has 9 heteroatoms. The van der Waals surface area contributed by atoms with Crippen molar-refractivity contribution >= 4 is 38.0 Å². The molecule has 1 N–H and O–H groups in total. The Balaban J connectivity index is 3.11. The van der Waals surface area contributed by atoms with Crippen LogP contribution in [0.4, 0.5) is 4.79 Å². The molecule has 1 atom stereocenters. The second-order valence-electron chi connectivity index (χ2n) is 3.92. The Morgan fingerprint density at radius 2 is 2.00 bits per heavy atom. The smallest absolute Gasteiger partial charge is 0.407 e. The van der Waals surface area contributed by atoms with Crippen LogP contribution in [0.25, 0.3) is 0 Å². The van der Waals surface area contributed by atoms with Gasteiger partial charge in [0.2, 0.25) is 0 Å². The number of hydrogen-bond acceptors (Lipinski definition) is 5. The number of carbonyl (C=O) groups excluding carboxylic acids is 1. The number of hydrogen-bond donors (Lipinski definition) is 1. The SMILES string of the molecule is CCOC(=O)NC(c1ccc(OC)cc1)C(Br)(Br)[N+](=O)[O-]. The van der Waals surface area contributed by atoms with Crippen molar-refractivity contribution in [1.82, 2.24) is 5.32 Å². The van der Waals surface area contributed by atoms with E-state index < -0.39 is 20.4 Å². The average molecular weight is 426 g/mol. The van der Waals surface area contributed by atoms with Crippen LogP contribution in [-0.2, 0) is 4.74 Å². The fourth-order valence-corrected chi connectivity index (χ4v) is 2.32. The van der Waals surface area contributed by atoms with Gasteiger partial charge >= 0.3 is 9.45 Å². The molecule has 0 aliphatic rings. The zero-order chi connectivity index (χ0) is 16.0. The topological polar surface area (TPSA) is 90.7 Å². The minimum Gasteiger partial charge on any atom is -0.497 e. The third-order valence-corrected chi connectivity index (χ3v) is 4.07. The molecule has 1 aromatic rings. The van der Waals surface area contributed by atoms with Gasteiger partial charge in [-0.05, 0) is 24.6 Å². The predicted octanol–water partition coefficient (Wildman–Crippen LogP) is 3.20. The highest BCUT2D eigenvalue weighted by molar-refractivity contribution is 9.25. The number of amides is 1. The summed E-state index contributed by atoms with van der Waals surface area (Å²) in [6.07, 6.45) is -0.747. The number of nitro groups is 1. The van der Waals surface area contributed by atoms with Gasteiger partial charge in [-0.2, -0.15) is 0 Å². The first-order valence-corrected chi connectivity index (χ1v) is 7.51. The molecule has 0 aliphatic heterocycles. The molecule has 0 radical (unpaired) electrons. The van der Waals surface area contributed by atoms with E-state index in [2.05, 4.69) is 37.2 Å². The summed E-state index contributed by atoms with van der Waals surface area (Å²) in [6.45, 7) is 1.81. The van der Waals surface area contributed by atoms with Gasteiger partial charge < -0.3 is 14.8 Å². The van der Waals surface area contributed by atoms with E-state index in [4.69, 9.17) is 9.47 Å². The zero-order valence-electron chi connectivity index (χ0n) is 11.3. The molecule has 1 rings (SSSR count). The maximum Gasteiger partial charge on any atom is 0.407 e. The first kappa shape index (κ1) is 17.7. The summed E-state index contributed by atoms with van der Waals surface area (Å²) in [6, 6.07) is 5.54. The van der Waals surface area contributed by atoms with Gasteiger partial charge in [0.25, 0.3) is 0 Å². The van der Waals surface area contributed by atoms with Crippen LogP contribution in [0, 0.1) is 10.1 Å². The van der Waals surface area contributed by atoms with Crippen molar-refractivity contribution in [2.24, 2.45) is 0 Å². The number of benzene rings is 1. The lowest BCUT2D eigenvalue weighted by molar-refractivity contribution is -0.509.